The van der Waals surface area contributed by atoms with E-state index in [1.807, 2.05) is 0 Å². The van der Waals surface area contributed by atoms with Gasteiger partial charge in [0.2, 0.25) is 0 Å². The molecule has 0 aliphatic carbocycles. The maximum Gasteiger partial charge on any atom is 0.387 e. The van der Waals surface area contributed by atoms with Crippen molar-refractivity contribution in [2.24, 2.45) is 0 Å². The van der Waals surface area contributed by atoms with Crippen molar-refractivity contribution in [3.8, 4) is 11.9 Å². The summed E-state index contributed by atoms with van der Waals surface area (Å²) in [6, 6.07) is 4.61. The maximum absolute atomic E-state index is 12.0. The first kappa shape index (κ1) is 14.2. The molecule has 0 amide bonds. The molecule has 0 unspecified atom stereocenters. The normalized spacial score (nSPS) is 11.1. The number of rotatable bonds is 5. The van der Waals surface area contributed by atoms with Crippen molar-refractivity contribution in [1.82, 2.24) is 4.31 Å². The predicted molar refractivity (Wildman–Crippen MR) is 58.3 cm³/mol. The van der Waals surface area contributed by atoms with E-state index in [1.165, 1.54) is 31.3 Å². The fourth-order valence-corrected chi connectivity index (χ4v) is 2.45. The highest BCUT2D eigenvalue weighted by Gasteiger charge is 2.22. The van der Waals surface area contributed by atoms with E-state index in [1.54, 1.807) is 0 Å². The second-order valence-corrected chi connectivity index (χ2v) is 4.99. The SMILES string of the molecule is CCN(C#N)S(=O)(=O)c1cccc(OC(F)F)c1. The summed E-state index contributed by atoms with van der Waals surface area (Å²) in [6.45, 7) is -1.60. The molecular formula is C10H10F2N2O3S. The van der Waals surface area contributed by atoms with Crippen LogP contribution in [0.4, 0.5) is 8.78 Å². The third kappa shape index (κ3) is 3.07. The Labute approximate surface area is 103 Å². The van der Waals surface area contributed by atoms with Crippen molar-refractivity contribution in [2.45, 2.75) is 18.4 Å². The van der Waals surface area contributed by atoms with Gasteiger partial charge in [0.15, 0.2) is 6.19 Å². The second kappa shape index (κ2) is 5.64. The quantitative estimate of drug-likeness (QED) is 0.607. The molecule has 0 aliphatic heterocycles. The summed E-state index contributed by atoms with van der Waals surface area (Å²) < 4.78 is 52.4. The minimum Gasteiger partial charge on any atom is -0.435 e. The van der Waals surface area contributed by atoms with Crippen molar-refractivity contribution < 1.29 is 21.9 Å². The number of halogens is 2. The fourth-order valence-electron chi connectivity index (χ4n) is 1.23. The number of alkyl halides is 2. The second-order valence-electron chi connectivity index (χ2n) is 3.12. The Hall–Kier alpha value is -1.88. The zero-order chi connectivity index (χ0) is 13.8. The minimum absolute atomic E-state index is 0.0429. The first-order valence-electron chi connectivity index (χ1n) is 4.89. The monoisotopic (exact) mass is 276 g/mol. The van der Waals surface area contributed by atoms with Gasteiger partial charge in [0.25, 0.3) is 10.0 Å². The van der Waals surface area contributed by atoms with Crippen LogP contribution in [0.5, 0.6) is 5.75 Å². The number of ether oxygens (including phenoxy) is 1. The standard InChI is InChI=1S/C10H10F2N2O3S/c1-2-14(7-13)18(15,16)9-5-3-4-8(6-9)17-10(11)12/h3-6,10H,2H2,1H3. The van der Waals surface area contributed by atoms with Gasteiger partial charge in [-0.05, 0) is 19.1 Å². The first-order chi connectivity index (χ1) is 8.41. The molecule has 1 aromatic rings. The molecule has 1 aromatic carbocycles. The van der Waals surface area contributed by atoms with E-state index in [2.05, 4.69) is 4.74 Å². The van der Waals surface area contributed by atoms with Gasteiger partial charge >= 0.3 is 6.61 Å². The van der Waals surface area contributed by atoms with Gasteiger partial charge < -0.3 is 4.74 Å². The van der Waals surface area contributed by atoms with Crippen molar-refractivity contribution in [1.29, 1.82) is 5.26 Å². The number of benzene rings is 1. The molecule has 0 heterocycles. The summed E-state index contributed by atoms with van der Waals surface area (Å²) in [7, 11) is -4.01. The topological polar surface area (TPSA) is 70.4 Å². The molecule has 1 rings (SSSR count). The maximum atomic E-state index is 12.0. The van der Waals surface area contributed by atoms with Crippen LogP contribution in [0, 0.1) is 11.5 Å². The summed E-state index contributed by atoms with van der Waals surface area (Å²) in [5.41, 5.74) is 0. The number of sulfonamides is 1. The Kier molecular flexibility index (Phi) is 4.44. The van der Waals surface area contributed by atoms with Gasteiger partial charge in [-0.1, -0.05) is 6.07 Å². The average Bonchev–Trinajstić information content (AvgIpc) is 2.29. The lowest BCUT2D eigenvalue weighted by atomic mass is 10.3. The van der Waals surface area contributed by atoms with Gasteiger partial charge in [-0.15, -0.1) is 0 Å². The number of hydrogen-bond donors (Lipinski definition) is 0. The summed E-state index contributed by atoms with van der Waals surface area (Å²) in [4.78, 5) is -0.274. The number of nitriles is 1. The summed E-state index contributed by atoms with van der Waals surface area (Å²) in [5, 5.41) is 8.68. The van der Waals surface area contributed by atoms with Crippen LogP contribution in [-0.4, -0.2) is 25.9 Å². The summed E-state index contributed by atoms with van der Waals surface area (Å²) in [5.74, 6) is -0.278. The smallest absolute Gasteiger partial charge is 0.387 e. The molecular weight excluding hydrogens is 266 g/mol. The molecule has 0 N–H and O–H groups in total. The van der Waals surface area contributed by atoms with E-state index in [9.17, 15) is 17.2 Å². The van der Waals surface area contributed by atoms with Crippen LogP contribution < -0.4 is 4.74 Å². The van der Waals surface area contributed by atoms with Crippen LogP contribution in [0.2, 0.25) is 0 Å². The third-order valence-electron chi connectivity index (χ3n) is 2.02. The highest BCUT2D eigenvalue weighted by Crippen LogP contribution is 2.21. The van der Waals surface area contributed by atoms with Crippen LogP contribution >= 0.6 is 0 Å². The molecule has 0 bridgehead atoms. The van der Waals surface area contributed by atoms with E-state index in [0.717, 1.165) is 6.07 Å². The fraction of sp³-hybridized carbons (Fsp3) is 0.300. The molecule has 18 heavy (non-hydrogen) atoms. The molecule has 0 saturated heterocycles. The zero-order valence-corrected chi connectivity index (χ0v) is 10.2. The van der Waals surface area contributed by atoms with E-state index >= 15 is 0 Å². The Morgan fingerprint density at radius 1 is 1.50 bits per heavy atom. The first-order valence-corrected chi connectivity index (χ1v) is 6.33. The van der Waals surface area contributed by atoms with Gasteiger partial charge in [0.05, 0.1) is 4.90 Å². The van der Waals surface area contributed by atoms with Gasteiger partial charge in [-0.3, -0.25) is 0 Å². The molecule has 0 aliphatic rings. The Bertz CT molecular complexity index is 554. The molecule has 0 radical (unpaired) electrons. The van der Waals surface area contributed by atoms with Crippen molar-refractivity contribution in [3.05, 3.63) is 24.3 Å². The molecule has 0 atom stereocenters. The minimum atomic E-state index is -4.01. The number of hydrogen-bond acceptors (Lipinski definition) is 4. The van der Waals surface area contributed by atoms with Crippen LogP contribution in [0.3, 0.4) is 0 Å². The van der Waals surface area contributed by atoms with Crippen LogP contribution in [0.15, 0.2) is 29.2 Å². The van der Waals surface area contributed by atoms with E-state index < -0.39 is 16.6 Å². The van der Waals surface area contributed by atoms with Gasteiger partial charge in [-0.25, -0.2) is 12.7 Å². The van der Waals surface area contributed by atoms with Gasteiger partial charge in [0, 0.05) is 12.6 Å². The largest absolute Gasteiger partial charge is 0.435 e. The van der Waals surface area contributed by atoms with Crippen molar-refractivity contribution in [3.63, 3.8) is 0 Å². The lowest BCUT2D eigenvalue weighted by molar-refractivity contribution is -0.0500. The molecule has 5 nitrogen and oxygen atoms in total. The van der Waals surface area contributed by atoms with Gasteiger partial charge in [-0.2, -0.15) is 14.0 Å². The van der Waals surface area contributed by atoms with E-state index in [0.29, 0.717) is 4.31 Å². The van der Waals surface area contributed by atoms with Crippen LogP contribution in [0.1, 0.15) is 6.92 Å². The Morgan fingerprint density at radius 3 is 2.67 bits per heavy atom. The lowest BCUT2D eigenvalue weighted by Crippen LogP contribution is -2.26. The molecule has 8 heteroatoms. The van der Waals surface area contributed by atoms with Crippen molar-refractivity contribution >= 4 is 10.0 Å². The molecule has 0 saturated carbocycles. The summed E-state index contributed by atoms with van der Waals surface area (Å²) in [6.07, 6.45) is 1.51. The average molecular weight is 276 g/mol. The zero-order valence-electron chi connectivity index (χ0n) is 9.38. The molecule has 0 spiro atoms. The predicted octanol–water partition coefficient (Wildman–Crippen LogP) is 1.78. The lowest BCUT2D eigenvalue weighted by Gasteiger charge is -2.14. The van der Waals surface area contributed by atoms with Crippen molar-refractivity contribution in [2.75, 3.05) is 6.54 Å². The third-order valence-corrected chi connectivity index (χ3v) is 3.79. The van der Waals surface area contributed by atoms with E-state index in [-0.39, 0.29) is 17.2 Å². The van der Waals surface area contributed by atoms with E-state index in [4.69, 9.17) is 5.26 Å². The Morgan fingerprint density at radius 2 is 2.17 bits per heavy atom. The van der Waals surface area contributed by atoms with Crippen LogP contribution in [-0.2, 0) is 10.0 Å². The molecule has 0 fully saturated rings. The highest BCUT2D eigenvalue weighted by molar-refractivity contribution is 7.89. The van der Waals surface area contributed by atoms with Gasteiger partial charge in [0.1, 0.15) is 5.75 Å². The Balaban J connectivity index is 3.14. The van der Waals surface area contributed by atoms with Crippen LogP contribution in [0.25, 0.3) is 0 Å². The summed E-state index contributed by atoms with van der Waals surface area (Å²) >= 11 is 0. The molecule has 0 aromatic heterocycles. The number of nitrogens with zero attached hydrogens (tertiary/aromatic N) is 2. The molecule has 98 valence electrons. The highest BCUT2D eigenvalue weighted by atomic mass is 32.2.